The van der Waals surface area contributed by atoms with Gasteiger partial charge in [0.1, 0.15) is 30.1 Å². The molecule has 1 saturated heterocycles. The Bertz CT molecular complexity index is 1320. The van der Waals surface area contributed by atoms with Crippen LogP contribution >= 0.6 is 0 Å². The Morgan fingerprint density at radius 2 is 1.82 bits per heavy atom. The van der Waals surface area contributed by atoms with E-state index in [4.69, 9.17) is 9.72 Å². The van der Waals surface area contributed by atoms with Crippen LogP contribution in [-0.4, -0.2) is 39.8 Å². The number of carbonyl (C=O) groups excluding carboxylic acids is 1. The molecule has 0 bridgehead atoms. The zero-order chi connectivity index (χ0) is 23.7. The molecule has 0 spiro atoms. The largest absolute Gasteiger partial charge is 0.491 e. The van der Waals surface area contributed by atoms with Crippen molar-refractivity contribution in [3.63, 3.8) is 0 Å². The monoisotopic (exact) mass is 459 g/mol. The lowest BCUT2D eigenvalue weighted by molar-refractivity contribution is -0.117. The number of carbonyl (C=O) groups is 1. The fourth-order valence-electron chi connectivity index (χ4n) is 4.52. The van der Waals surface area contributed by atoms with Gasteiger partial charge in [0.25, 0.3) is 0 Å². The van der Waals surface area contributed by atoms with Crippen molar-refractivity contribution in [2.45, 2.75) is 31.9 Å². The molecule has 7 heteroatoms. The summed E-state index contributed by atoms with van der Waals surface area (Å²) in [6.45, 7) is 2.85. The average Bonchev–Trinajstić information content (AvgIpc) is 3.40. The van der Waals surface area contributed by atoms with Crippen LogP contribution in [0.3, 0.4) is 0 Å². The Morgan fingerprint density at radius 1 is 1.09 bits per heavy atom. The second-order valence-corrected chi connectivity index (χ2v) is 8.68. The second-order valence-electron chi connectivity index (χ2n) is 8.68. The van der Waals surface area contributed by atoms with E-state index in [2.05, 4.69) is 0 Å². The van der Waals surface area contributed by atoms with Crippen molar-refractivity contribution in [3.05, 3.63) is 90.0 Å². The van der Waals surface area contributed by atoms with Crippen LogP contribution in [0.15, 0.2) is 72.8 Å². The molecular weight excluding hydrogens is 433 g/mol. The summed E-state index contributed by atoms with van der Waals surface area (Å²) in [4.78, 5) is 19.3. The fourth-order valence-corrected chi connectivity index (χ4v) is 4.52. The first kappa shape index (κ1) is 22.1. The molecule has 1 fully saturated rings. The molecule has 2 atom stereocenters. The van der Waals surface area contributed by atoms with E-state index in [-0.39, 0.29) is 24.2 Å². The van der Waals surface area contributed by atoms with Crippen LogP contribution in [0.2, 0.25) is 0 Å². The van der Waals surface area contributed by atoms with Crippen LogP contribution in [0, 0.1) is 12.7 Å². The van der Waals surface area contributed by atoms with E-state index in [9.17, 15) is 14.3 Å². The van der Waals surface area contributed by atoms with Gasteiger partial charge in [-0.2, -0.15) is 0 Å². The van der Waals surface area contributed by atoms with Gasteiger partial charge >= 0.3 is 0 Å². The average molecular weight is 460 g/mol. The summed E-state index contributed by atoms with van der Waals surface area (Å²) in [6.07, 6.45) is -0.461. The number of rotatable bonds is 7. The molecule has 0 aliphatic carbocycles. The van der Waals surface area contributed by atoms with E-state index in [1.165, 1.54) is 12.1 Å². The summed E-state index contributed by atoms with van der Waals surface area (Å²) in [7, 11) is 0. The van der Waals surface area contributed by atoms with Crippen LogP contribution < -0.4 is 9.64 Å². The molecule has 4 aromatic rings. The first-order chi connectivity index (χ1) is 16.5. The summed E-state index contributed by atoms with van der Waals surface area (Å²) in [5.74, 6) is 0.992. The van der Waals surface area contributed by atoms with Crippen molar-refractivity contribution in [2.75, 3.05) is 18.1 Å². The van der Waals surface area contributed by atoms with E-state index in [1.54, 1.807) is 17.0 Å². The number of hydrogen-bond acceptors (Lipinski definition) is 4. The minimum atomic E-state index is -0.763. The van der Waals surface area contributed by atoms with Crippen LogP contribution in [0.5, 0.6) is 5.75 Å². The second kappa shape index (κ2) is 9.27. The van der Waals surface area contributed by atoms with Crippen LogP contribution in [0.4, 0.5) is 10.1 Å². The maximum Gasteiger partial charge on any atom is 0.227 e. The Morgan fingerprint density at radius 3 is 2.62 bits per heavy atom. The molecule has 1 aromatic heterocycles. The van der Waals surface area contributed by atoms with Gasteiger partial charge in [-0.25, -0.2) is 9.37 Å². The molecule has 174 valence electrons. The third kappa shape index (κ3) is 4.39. The molecule has 1 amide bonds. The molecule has 1 aliphatic heterocycles. The number of ether oxygens (including phenoxy) is 1. The topological polar surface area (TPSA) is 67.6 Å². The van der Waals surface area contributed by atoms with Gasteiger partial charge in [-0.05, 0) is 55.0 Å². The SMILES string of the molecule is Cc1ccccc1OCC(O)Cn1c(C2CC(=O)N(c3ccc(F)cc3)C2)nc2ccccc21. The molecule has 6 nitrogen and oxygen atoms in total. The zero-order valence-corrected chi connectivity index (χ0v) is 18.9. The van der Waals surface area contributed by atoms with Crippen molar-refractivity contribution in [2.24, 2.45) is 0 Å². The van der Waals surface area contributed by atoms with Crippen LogP contribution in [-0.2, 0) is 11.3 Å². The number of benzene rings is 3. The summed E-state index contributed by atoms with van der Waals surface area (Å²) in [6, 6.07) is 21.4. The molecule has 1 N–H and O–H groups in total. The molecule has 3 aromatic carbocycles. The quantitative estimate of drug-likeness (QED) is 0.444. The number of aliphatic hydroxyl groups is 1. The van der Waals surface area contributed by atoms with Gasteiger partial charge in [-0.3, -0.25) is 4.79 Å². The van der Waals surface area contributed by atoms with E-state index in [0.717, 1.165) is 28.2 Å². The maximum atomic E-state index is 13.3. The normalized spacial score (nSPS) is 16.9. The van der Waals surface area contributed by atoms with E-state index in [0.29, 0.717) is 25.2 Å². The number of para-hydroxylation sites is 3. The molecule has 2 heterocycles. The lowest BCUT2D eigenvalue weighted by atomic mass is 10.1. The Labute approximate surface area is 197 Å². The lowest BCUT2D eigenvalue weighted by Gasteiger charge is -2.19. The number of halogens is 1. The van der Waals surface area contributed by atoms with Crippen LogP contribution in [0.1, 0.15) is 23.7 Å². The van der Waals surface area contributed by atoms with Crippen molar-refractivity contribution in [1.29, 1.82) is 0 Å². The van der Waals surface area contributed by atoms with Crippen LogP contribution in [0.25, 0.3) is 11.0 Å². The summed E-state index contributed by atoms with van der Waals surface area (Å²) < 4.78 is 21.2. The summed E-state index contributed by atoms with van der Waals surface area (Å²) >= 11 is 0. The number of hydrogen-bond donors (Lipinski definition) is 1. The first-order valence-electron chi connectivity index (χ1n) is 11.4. The minimum Gasteiger partial charge on any atom is -0.491 e. The highest BCUT2D eigenvalue weighted by atomic mass is 19.1. The van der Waals surface area contributed by atoms with Gasteiger partial charge in [-0.15, -0.1) is 0 Å². The molecule has 0 radical (unpaired) electrons. The third-order valence-corrected chi connectivity index (χ3v) is 6.23. The van der Waals surface area contributed by atoms with Crippen molar-refractivity contribution in [3.8, 4) is 5.75 Å². The minimum absolute atomic E-state index is 0.0290. The molecule has 0 saturated carbocycles. The fraction of sp³-hybridized carbons (Fsp3) is 0.259. The number of imidazole rings is 1. The van der Waals surface area contributed by atoms with Gasteiger partial charge in [0.2, 0.25) is 5.91 Å². The highest BCUT2D eigenvalue weighted by Gasteiger charge is 2.35. The predicted octanol–water partition coefficient (Wildman–Crippen LogP) is 4.44. The van der Waals surface area contributed by atoms with Gasteiger partial charge in [0.15, 0.2) is 0 Å². The third-order valence-electron chi connectivity index (χ3n) is 6.23. The van der Waals surface area contributed by atoms with E-state index < -0.39 is 6.10 Å². The zero-order valence-electron chi connectivity index (χ0n) is 18.9. The Hall–Kier alpha value is -3.71. The van der Waals surface area contributed by atoms with Gasteiger partial charge in [0, 0.05) is 24.6 Å². The summed E-state index contributed by atoms with van der Waals surface area (Å²) in [5.41, 5.74) is 3.40. The number of aliphatic hydroxyl groups excluding tert-OH is 1. The number of anilines is 1. The van der Waals surface area contributed by atoms with Crippen molar-refractivity contribution >= 4 is 22.6 Å². The van der Waals surface area contributed by atoms with Gasteiger partial charge < -0.3 is 19.3 Å². The molecule has 5 rings (SSSR count). The first-order valence-corrected chi connectivity index (χ1v) is 11.4. The van der Waals surface area contributed by atoms with Gasteiger partial charge in [0.05, 0.1) is 17.6 Å². The smallest absolute Gasteiger partial charge is 0.227 e. The number of aromatic nitrogens is 2. The maximum absolute atomic E-state index is 13.3. The number of aryl methyl sites for hydroxylation is 1. The van der Waals surface area contributed by atoms with Crippen molar-refractivity contribution in [1.82, 2.24) is 9.55 Å². The van der Waals surface area contributed by atoms with Gasteiger partial charge in [-0.1, -0.05) is 30.3 Å². The Balaban J connectivity index is 1.38. The number of nitrogens with zero attached hydrogens (tertiary/aromatic N) is 3. The number of fused-ring (bicyclic) bond motifs is 1. The Kier molecular flexibility index (Phi) is 6.02. The molecule has 34 heavy (non-hydrogen) atoms. The standard InChI is InChI=1S/C27H26FN3O3/c1-18-6-2-5-9-25(18)34-17-22(32)16-31-24-8-4-3-7-23(24)29-27(31)19-14-26(33)30(15-19)21-12-10-20(28)11-13-21/h2-13,19,22,32H,14-17H2,1H3. The highest BCUT2D eigenvalue weighted by Crippen LogP contribution is 2.33. The number of amides is 1. The predicted molar refractivity (Wildman–Crippen MR) is 129 cm³/mol. The molecule has 2 unspecified atom stereocenters. The molecular formula is C27H26FN3O3. The summed E-state index contributed by atoms with van der Waals surface area (Å²) in [5, 5.41) is 10.8. The lowest BCUT2D eigenvalue weighted by Crippen LogP contribution is -2.26. The van der Waals surface area contributed by atoms with E-state index in [1.807, 2.05) is 60.0 Å². The molecule has 1 aliphatic rings. The van der Waals surface area contributed by atoms with E-state index >= 15 is 0 Å². The highest BCUT2D eigenvalue weighted by molar-refractivity contribution is 5.96. The van der Waals surface area contributed by atoms with Crippen molar-refractivity contribution < 1.29 is 19.0 Å².